The van der Waals surface area contributed by atoms with Gasteiger partial charge in [0.15, 0.2) is 0 Å². The molecule has 0 bridgehead atoms. The molecule has 1 N–H and O–H groups in total. The highest BCUT2D eigenvalue weighted by Gasteiger charge is 2.33. The van der Waals surface area contributed by atoms with Crippen molar-refractivity contribution in [3.05, 3.63) is 29.8 Å². The third-order valence-electron chi connectivity index (χ3n) is 3.78. The minimum Gasteiger partial charge on any atom is -0.382 e. The Kier molecular flexibility index (Phi) is 5.95. The number of nitrogens with zero attached hydrogens (tertiary/aromatic N) is 1. The van der Waals surface area contributed by atoms with Crippen LogP contribution in [0, 0.1) is 6.92 Å². The number of carbonyl (C=O) groups is 2. The van der Waals surface area contributed by atoms with Gasteiger partial charge < -0.3 is 15.0 Å². The molecule has 0 unspecified atom stereocenters. The number of anilines is 1. The van der Waals surface area contributed by atoms with Crippen LogP contribution in [0.1, 0.15) is 31.7 Å². The van der Waals surface area contributed by atoms with Crippen LogP contribution in [0.5, 0.6) is 0 Å². The number of carbonyl (C=O) groups excluding carboxylic acids is 2. The first kappa shape index (κ1) is 16.5. The van der Waals surface area contributed by atoms with Crippen molar-refractivity contribution in [2.45, 2.75) is 39.2 Å². The number of hydrogen-bond acceptors (Lipinski definition) is 3. The summed E-state index contributed by atoms with van der Waals surface area (Å²) in [7, 11) is 0. The van der Waals surface area contributed by atoms with Crippen molar-refractivity contribution in [2.24, 2.45) is 0 Å². The molecule has 120 valence electrons. The summed E-state index contributed by atoms with van der Waals surface area (Å²) >= 11 is 0. The van der Waals surface area contributed by atoms with Gasteiger partial charge >= 0.3 is 0 Å². The molecule has 1 aromatic rings. The number of benzene rings is 1. The van der Waals surface area contributed by atoms with E-state index in [-0.39, 0.29) is 11.8 Å². The third kappa shape index (κ3) is 4.31. The molecule has 0 aromatic heterocycles. The van der Waals surface area contributed by atoms with Gasteiger partial charge in [-0.05, 0) is 38.8 Å². The number of rotatable bonds is 7. The predicted molar refractivity (Wildman–Crippen MR) is 85.8 cm³/mol. The van der Waals surface area contributed by atoms with Crippen LogP contribution in [-0.4, -0.2) is 37.6 Å². The molecule has 5 heteroatoms. The molecule has 1 atom stereocenters. The molecular formula is C17H24N2O3. The number of hydrogen-bond donors (Lipinski definition) is 1. The van der Waals surface area contributed by atoms with Gasteiger partial charge in [-0.15, -0.1) is 0 Å². The lowest BCUT2D eigenvalue weighted by Gasteiger charge is -2.17. The molecule has 2 amide bonds. The first-order valence-corrected chi connectivity index (χ1v) is 7.87. The van der Waals surface area contributed by atoms with Crippen molar-refractivity contribution < 1.29 is 14.3 Å². The molecule has 5 nitrogen and oxygen atoms in total. The third-order valence-corrected chi connectivity index (χ3v) is 3.78. The summed E-state index contributed by atoms with van der Waals surface area (Å²) < 4.78 is 5.20. The van der Waals surface area contributed by atoms with E-state index < -0.39 is 6.04 Å². The Bertz CT molecular complexity index is 513. The molecule has 0 radical (unpaired) electrons. The van der Waals surface area contributed by atoms with E-state index in [0.717, 1.165) is 11.3 Å². The number of ether oxygens (including phenoxy) is 1. The monoisotopic (exact) mass is 304 g/mol. The first-order chi connectivity index (χ1) is 10.6. The van der Waals surface area contributed by atoms with Crippen LogP contribution in [0.2, 0.25) is 0 Å². The first-order valence-electron chi connectivity index (χ1n) is 7.87. The summed E-state index contributed by atoms with van der Waals surface area (Å²) in [6, 6.07) is 7.46. The van der Waals surface area contributed by atoms with E-state index in [1.807, 2.05) is 38.1 Å². The van der Waals surface area contributed by atoms with Crippen LogP contribution in [0.15, 0.2) is 24.3 Å². The van der Waals surface area contributed by atoms with Gasteiger partial charge in [0, 0.05) is 31.9 Å². The quantitative estimate of drug-likeness (QED) is 0.784. The van der Waals surface area contributed by atoms with Gasteiger partial charge in [0.25, 0.3) is 0 Å². The van der Waals surface area contributed by atoms with E-state index >= 15 is 0 Å². The molecule has 1 heterocycles. The predicted octanol–water partition coefficient (Wildman–Crippen LogP) is 2.03. The molecule has 0 saturated carbocycles. The Morgan fingerprint density at radius 2 is 2.09 bits per heavy atom. The van der Waals surface area contributed by atoms with E-state index in [4.69, 9.17) is 4.74 Å². The van der Waals surface area contributed by atoms with E-state index in [0.29, 0.717) is 39.0 Å². The van der Waals surface area contributed by atoms with Crippen molar-refractivity contribution in [2.75, 3.05) is 24.7 Å². The standard InChI is InChI=1S/C17H24N2O3/c1-3-22-12-4-5-16(20)18-15-10-11-19(17(15)21)14-8-6-13(2)7-9-14/h6-9,15H,3-5,10-12H2,1-2H3,(H,18,20)/t15-/m0/s1. The van der Waals surface area contributed by atoms with Gasteiger partial charge in [-0.25, -0.2) is 0 Å². The minimum absolute atomic E-state index is 0.0259. The van der Waals surface area contributed by atoms with E-state index in [9.17, 15) is 9.59 Å². The molecule has 2 rings (SSSR count). The van der Waals surface area contributed by atoms with Gasteiger partial charge in [-0.1, -0.05) is 17.7 Å². The lowest BCUT2D eigenvalue weighted by molar-refractivity contribution is -0.126. The lowest BCUT2D eigenvalue weighted by atomic mass is 10.2. The molecular weight excluding hydrogens is 280 g/mol. The summed E-state index contributed by atoms with van der Waals surface area (Å²) in [6.45, 7) is 5.83. The zero-order chi connectivity index (χ0) is 15.9. The molecule has 1 saturated heterocycles. The normalized spacial score (nSPS) is 17.8. The molecule has 1 aliphatic rings. The number of nitrogens with one attached hydrogen (secondary N) is 1. The van der Waals surface area contributed by atoms with E-state index in [2.05, 4.69) is 5.32 Å². The summed E-state index contributed by atoms with van der Waals surface area (Å²) in [6.07, 6.45) is 1.74. The van der Waals surface area contributed by atoms with Crippen LogP contribution < -0.4 is 10.2 Å². The van der Waals surface area contributed by atoms with Crippen molar-refractivity contribution in [3.63, 3.8) is 0 Å². The van der Waals surface area contributed by atoms with Crippen LogP contribution in [0.4, 0.5) is 5.69 Å². The molecule has 0 spiro atoms. The Hall–Kier alpha value is -1.88. The Morgan fingerprint density at radius 1 is 1.36 bits per heavy atom. The lowest BCUT2D eigenvalue weighted by Crippen LogP contribution is -2.41. The molecule has 0 aliphatic carbocycles. The molecule has 1 aliphatic heterocycles. The zero-order valence-electron chi connectivity index (χ0n) is 13.3. The SMILES string of the molecule is CCOCCCC(=O)N[C@H]1CCN(c2ccc(C)cc2)C1=O. The molecule has 22 heavy (non-hydrogen) atoms. The maximum atomic E-state index is 12.4. The minimum atomic E-state index is -0.402. The molecule has 1 fully saturated rings. The Balaban J connectivity index is 1.83. The largest absolute Gasteiger partial charge is 0.382 e. The second-order valence-corrected chi connectivity index (χ2v) is 5.53. The second-order valence-electron chi connectivity index (χ2n) is 5.53. The summed E-state index contributed by atoms with van der Waals surface area (Å²) in [5, 5.41) is 2.83. The highest BCUT2D eigenvalue weighted by atomic mass is 16.5. The van der Waals surface area contributed by atoms with Gasteiger partial charge in [0.2, 0.25) is 11.8 Å². The average molecular weight is 304 g/mol. The highest BCUT2D eigenvalue weighted by molar-refractivity contribution is 6.01. The van der Waals surface area contributed by atoms with E-state index in [1.54, 1.807) is 4.90 Å². The van der Waals surface area contributed by atoms with Crippen molar-refractivity contribution in [1.82, 2.24) is 5.32 Å². The highest BCUT2D eigenvalue weighted by Crippen LogP contribution is 2.22. The Morgan fingerprint density at radius 3 is 2.77 bits per heavy atom. The van der Waals surface area contributed by atoms with Crippen molar-refractivity contribution >= 4 is 17.5 Å². The number of amides is 2. The maximum absolute atomic E-state index is 12.4. The summed E-state index contributed by atoms with van der Waals surface area (Å²) in [5.41, 5.74) is 2.05. The van der Waals surface area contributed by atoms with Gasteiger partial charge in [0.1, 0.15) is 6.04 Å². The van der Waals surface area contributed by atoms with Gasteiger partial charge in [0.05, 0.1) is 0 Å². The fraction of sp³-hybridized carbons (Fsp3) is 0.529. The van der Waals surface area contributed by atoms with Gasteiger partial charge in [-0.3, -0.25) is 9.59 Å². The van der Waals surface area contributed by atoms with Crippen LogP contribution in [0.25, 0.3) is 0 Å². The van der Waals surface area contributed by atoms with Crippen LogP contribution in [-0.2, 0) is 14.3 Å². The fourth-order valence-electron chi connectivity index (χ4n) is 2.54. The van der Waals surface area contributed by atoms with Crippen molar-refractivity contribution in [3.8, 4) is 0 Å². The van der Waals surface area contributed by atoms with Crippen LogP contribution in [0.3, 0.4) is 0 Å². The van der Waals surface area contributed by atoms with Gasteiger partial charge in [-0.2, -0.15) is 0 Å². The topological polar surface area (TPSA) is 58.6 Å². The fourth-order valence-corrected chi connectivity index (χ4v) is 2.54. The van der Waals surface area contributed by atoms with Crippen molar-refractivity contribution in [1.29, 1.82) is 0 Å². The zero-order valence-corrected chi connectivity index (χ0v) is 13.3. The molecule has 1 aromatic carbocycles. The summed E-state index contributed by atoms with van der Waals surface area (Å²) in [5.74, 6) is -0.106. The average Bonchev–Trinajstić information content (AvgIpc) is 2.86. The number of aryl methyl sites for hydroxylation is 1. The maximum Gasteiger partial charge on any atom is 0.249 e. The summed E-state index contributed by atoms with van der Waals surface area (Å²) in [4.78, 5) is 26.0. The second kappa shape index (κ2) is 7.94. The van der Waals surface area contributed by atoms with E-state index in [1.165, 1.54) is 0 Å². The Labute approximate surface area is 131 Å². The van der Waals surface area contributed by atoms with Crippen LogP contribution >= 0.6 is 0 Å². The smallest absolute Gasteiger partial charge is 0.249 e.